The average molecular weight is 448 g/mol. The van der Waals surface area contributed by atoms with E-state index in [1.54, 1.807) is 41.6 Å². The highest BCUT2D eigenvalue weighted by atomic mass is 127. The zero-order valence-electron chi connectivity index (χ0n) is 12.3. The molecule has 0 saturated carbocycles. The lowest BCUT2D eigenvalue weighted by molar-refractivity contribution is -0.137. The molecule has 122 valence electrons. The molecule has 23 heavy (non-hydrogen) atoms. The quantitative estimate of drug-likeness (QED) is 0.300. The van der Waals surface area contributed by atoms with Crippen LogP contribution in [0.4, 0.5) is 0 Å². The maximum Gasteiger partial charge on any atom is 0.381 e. The predicted octanol–water partition coefficient (Wildman–Crippen LogP) is 1.78. The van der Waals surface area contributed by atoms with Gasteiger partial charge in [0.05, 0.1) is 11.5 Å². The molecule has 1 heterocycles. The number of ether oxygens (including phenoxy) is 1. The first-order valence-electron chi connectivity index (χ1n) is 6.55. The number of hydrogen-bond donors (Lipinski definition) is 0. The Hall–Kier alpha value is -1.75. The van der Waals surface area contributed by atoms with E-state index in [0.29, 0.717) is 3.97 Å². The van der Waals surface area contributed by atoms with Gasteiger partial charge in [0.25, 0.3) is 15.8 Å². The molecule has 0 aliphatic rings. The minimum Gasteiger partial charge on any atom is -0.460 e. The number of carbonyl (C=O) groups is 2. The molecule has 0 saturated heterocycles. The van der Waals surface area contributed by atoms with Crippen LogP contribution in [0.1, 0.15) is 23.0 Å². The fourth-order valence-electron chi connectivity index (χ4n) is 1.81. The van der Waals surface area contributed by atoms with Crippen LogP contribution < -0.4 is 0 Å². The van der Waals surface area contributed by atoms with E-state index < -0.39 is 21.8 Å². The molecule has 1 aromatic heterocycles. The van der Waals surface area contributed by atoms with Crippen LogP contribution in [-0.4, -0.2) is 35.7 Å². The van der Waals surface area contributed by atoms with Crippen molar-refractivity contribution in [2.75, 3.05) is 6.61 Å². The first-order valence-corrected chi connectivity index (χ1v) is 9.07. The summed E-state index contributed by atoms with van der Waals surface area (Å²) in [7, 11) is -4.04. The molecule has 2 rings (SSSR count). The highest BCUT2D eigenvalue weighted by molar-refractivity contribution is 14.1. The topological polar surface area (TPSA) is 95.3 Å². The summed E-state index contributed by atoms with van der Waals surface area (Å²) in [5, 5.41) is 0. The number of aromatic nitrogens is 2. The van der Waals surface area contributed by atoms with Crippen molar-refractivity contribution in [3.05, 3.63) is 45.6 Å². The lowest BCUT2D eigenvalue weighted by Gasteiger charge is -2.09. The Morgan fingerprint density at radius 2 is 1.87 bits per heavy atom. The summed E-state index contributed by atoms with van der Waals surface area (Å²) >= 11 is 1.70. The molecule has 0 bridgehead atoms. The van der Waals surface area contributed by atoms with Gasteiger partial charge in [-0.3, -0.25) is 4.79 Å². The second kappa shape index (κ2) is 6.79. The number of nitrogens with zero attached hydrogens (tertiary/aromatic N) is 2. The van der Waals surface area contributed by atoms with Crippen LogP contribution in [0, 0.1) is 10.6 Å². The van der Waals surface area contributed by atoms with Crippen LogP contribution in [-0.2, 0) is 19.6 Å². The highest BCUT2D eigenvalue weighted by Gasteiger charge is 2.30. The molecule has 1 aromatic carbocycles. The summed E-state index contributed by atoms with van der Waals surface area (Å²) in [5.74, 6) is -2.17. The Labute approximate surface area is 146 Å². The minimum absolute atomic E-state index is 0.00481. The Morgan fingerprint density at radius 3 is 2.43 bits per heavy atom. The molecule has 9 heteroatoms. The third kappa shape index (κ3) is 3.44. The Bertz CT molecular complexity index is 856. The molecule has 0 N–H and O–H groups in total. The molecule has 0 unspecified atom stereocenters. The zero-order chi connectivity index (χ0) is 17.2. The number of ketones is 1. The van der Waals surface area contributed by atoms with Crippen molar-refractivity contribution >= 4 is 44.4 Å². The van der Waals surface area contributed by atoms with E-state index in [-0.39, 0.29) is 20.9 Å². The third-order valence-electron chi connectivity index (χ3n) is 2.95. The molecule has 2 aromatic rings. The van der Waals surface area contributed by atoms with Gasteiger partial charge >= 0.3 is 5.97 Å². The van der Waals surface area contributed by atoms with Gasteiger partial charge in [-0.25, -0.2) is 22.2 Å². The molecule has 0 spiro atoms. The lowest BCUT2D eigenvalue weighted by Crippen LogP contribution is -2.25. The Kier molecular flexibility index (Phi) is 5.19. The number of imidazole rings is 1. The van der Waals surface area contributed by atoms with Crippen LogP contribution in [0.15, 0.2) is 35.5 Å². The van der Waals surface area contributed by atoms with Gasteiger partial charge in [-0.15, -0.1) is 0 Å². The second-order valence-electron chi connectivity index (χ2n) is 4.55. The molecule has 0 aliphatic carbocycles. The predicted molar refractivity (Wildman–Crippen MR) is 89.7 cm³/mol. The first kappa shape index (κ1) is 17.6. The third-order valence-corrected chi connectivity index (χ3v) is 5.40. The van der Waals surface area contributed by atoms with E-state index in [1.165, 1.54) is 12.1 Å². The van der Waals surface area contributed by atoms with E-state index in [0.717, 1.165) is 11.9 Å². The highest BCUT2D eigenvalue weighted by Crippen LogP contribution is 2.20. The van der Waals surface area contributed by atoms with Crippen LogP contribution in [0.2, 0.25) is 0 Å². The second-order valence-corrected chi connectivity index (χ2v) is 7.38. The molecule has 0 aliphatic heterocycles. The van der Waals surface area contributed by atoms with E-state index in [1.807, 2.05) is 6.92 Å². The Balaban J connectivity index is 2.55. The fraction of sp³-hybridized carbons (Fsp3) is 0.214. The molecule has 7 nitrogen and oxygen atoms in total. The average Bonchev–Trinajstić information content (AvgIpc) is 2.89. The molecule has 0 atom stereocenters. The number of benzene rings is 1. The first-order chi connectivity index (χ1) is 10.8. The zero-order valence-corrected chi connectivity index (χ0v) is 15.3. The number of rotatable bonds is 5. The number of Topliss-reactive ketones (excluding diaryl/α,β-unsaturated/α-hetero) is 1. The molecule has 0 fully saturated rings. The van der Waals surface area contributed by atoms with Crippen molar-refractivity contribution in [3.63, 3.8) is 0 Å². The van der Waals surface area contributed by atoms with Gasteiger partial charge in [-0.2, -0.15) is 0 Å². The van der Waals surface area contributed by atoms with Crippen LogP contribution in [0.3, 0.4) is 0 Å². The number of aryl methyl sites for hydroxylation is 1. The number of halogens is 1. The van der Waals surface area contributed by atoms with Crippen molar-refractivity contribution in [3.8, 4) is 0 Å². The SMILES string of the molecule is CCOC(=O)C(=O)c1c(I)ncn1S(=O)(=O)c1ccc(C)cc1. The maximum absolute atomic E-state index is 12.7. The maximum atomic E-state index is 12.7. The normalized spacial score (nSPS) is 11.3. The summed E-state index contributed by atoms with van der Waals surface area (Å²) in [5.41, 5.74) is 0.566. The van der Waals surface area contributed by atoms with Gasteiger partial charge in [-0.1, -0.05) is 17.7 Å². The van der Waals surface area contributed by atoms with Crippen molar-refractivity contribution < 1.29 is 22.7 Å². The van der Waals surface area contributed by atoms with Crippen LogP contribution >= 0.6 is 22.6 Å². The Morgan fingerprint density at radius 1 is 1.26 bits per heavy atom. The summed E-state index contributed by atoms with van der Waals surface area (Å²) in [4.78, 5) is 27.6. The van der Waals surface area contributed by atoms with Gasteiger partial charge in [-0.05, 0) is 48.6 Å². The number of esters is 1. The van der Waals surface area contributed by atoms with Gasteiger partial charge in [0.1, 0.15) is 15.7 Å². The van der Waals surface area contributed by atoms with Crippen molar-refractivity contribution in [2.24, 2.45) is 0 Å². The summed E-state index contributed by atoms with van der Waals surface area (Å²) in [6.07, 6.45) is 1.00. The molecular weight excluding hydrogens is 435 g/mol. The smallest absolute Gasteiger partial charge is 0.381 e. The van der Waals surface area contributed by atoms with Gasteiger partial charge in [0.15, 0.2) is 0 Å². The van der Waals surface area contributed by atoms with Gasteiger partial charge < -0.3 is 4.74 Å². The standard InChI is InChI=1S/C14H13IN2O5S/c1-3-22-14(19)12(18)11-13(15)16-8-17(11)23(20,21)10-6-4-9(2)5-7-10/h4-8H,3H2,1-2H3. The van der Waals surface area contributed by atoms with Gasteiger partial charge in [0, 0.05) is 0 Å². The minimum atomic E-state index is -4.04. The summed E-state index contributed by atoms with van der Waals surface area (Å²) < 4.78 is 30.8. The van der Waals surface area contributed by atoms with Crippen molar-refractivity contribution in [2.45, 2.75) is 18.7 Å². The lowest BCUT2D eigenvalue weighted by atomic mass is 10.2. The monoisotopic (exact) mass is 448 g/mol. The fourth-order valence-corrected chi connectivity index (χ4v) is 3.89. The van der Waals surface area contributed by atoms with E-state index in [4.69, 9.17) is 0 Å². The van der Waals surface area contributed by atoms with Crippen LogP contribution in [0.5, 0.6) is 0 Å². The number of carbonyl (C=O) groups excluding carboxylic acids is 2. The van der Waals surface area contributed by atoms with Crippen molar-refractivity contribution in [1.29, 1.82) is 0 Å². The molecule has 0 radical (unpaired) electrons. The van der Waals surface area contributed by atoms with E-state index in [9.17, 15) is 18.0 Å². The van der Waals surface area contributed by atoms with E-state index >= 15 is 0 Å². The van der Waals surface area contributed by atoms with E-state index in [2.05, 4.69) is 9.72 Å². The van der Waals surface area contributed by atoms with Crippen LogP contribution in [0.25, 0.3) is 0 Å². The molecular formula is C14H13IN2O5S. The summed E-state index contributed by atoms with van der Waals surface area (Å²) in [6, 6.07) is 6.13. The summed E-state index contributed by atoms with van der Waals surface area (Å²) in [6.45, 7) is 3.39. The van der Waals surface area contributed by atoms with Gasteiger partial charge in [0.2, 0.25) is 0 Å². The largest absolute Gasteiger partial charge is 0.460 e. The van der Waals surface area contributed by atoms with Crippen molar-refractivity contribution in [1.82, 2.24) is 8.96 Å². The molecule has 0 amide bonds. The number of hydrogen-bond acceptors (Lipinski definition) is 6.